The largest absolute Gasteiger partial charge is 0.487 e. The average Bonchev–Trinajstić information content (AvgIpc) is 3.02. The van der Waals surface area contributed by atoms with Gasteiger partial charge in [0.1, 0.15) is 0 Å². The predicted octanol–water partition coefficient (Wildman–Crippen LogP) is 2.84. The van der Waals surface area contributed by atoms with Gasteiger partial charge >= 0.3 is 0 Å². The summed E-state index contributed by atoms with van der Waals surface area (Å²) in [5.74, 6) is 2.77. The van der Waals surface area contributed by atoms with E-state index in [-0.39, 0.29) is 6.10 Å². The van der Waals surface area contributed by atoms with E-state index < -0.39 is 0 Å². The third kappa shape index (κ3) is 3.49. The second-order valence-corrected chi connectivity index (χ2v) is 6.52. The Morgan fingerprint density at radius 2 is 2.10 bits per heavy atom. The van der Waals surface area contributed by atoms with Crippen molar-refractivity contribution in [2.24, 2.45) is 5.92 Å². The van der Waals surface area contributed by atoms with Crippen LogP contribution in [0.15, 0.2) is 18.3 Å². The lowest BCUT2D eigenvalue weighted by Crippen LogP contribution is -2.41. The third-order valence-corrected chi connectivity index (χ3v) is 4.62. The number of piperidine rings is 1. The number of rotatable bonds is 4. The second kappa shape index (κ2) is 6.65. The molecule has 2 saturated heterocycles. The zero-order chi connectivity index (χ0) is 14.7. The summed E-state index contributed by atoms with van der Waals surface area (Å²) >= 11 is 0. The highest BCUT2D eigenvalue weighted by molar-refractivity contribution is 5.52. The summed E-state index contributed by atoms with van der Waals surface area (Å²) in [6.45, 7) is 7.52. The summed E-state index contributed by atoms with van der Waals surface area (Å²) in [7, 11) is 0. The smallest absolute Gasteiger partial charge is 0.171 e. The topological polar surface area (TPSA) is 37.4 Å². The Bertz CT molecular complexity index is 449. The molecule has 3 heterocycles. The maximum absolute atomic E-state index is 5.91. The number of hydrogen-bond donors (Lipinski definition) is 1. The lowest BCUT2D eigenvalue weighted by atomic mass is 9.88. The molecular weight excluding hydrogens is 262 g/mol. The van der Waals surface area contributed by atoms with E-state index >= 15 is 0 Å². The van der Waals surface area contributed by atoms with Crippen molar-refractivity contribution in [3.8, 4) is 5.75 Å². The molecule has 21 heavy (non-hydrogen) atoms. The van der Waals surface area contributed by atoms with Gasteiger partial charge in [0, 0.05) is 25.3 Å². The van der Waals surface area contributed by atoms with Crippen LogP contribution in [0.2, 0.25) is 0 Å². The molecule has 2 aliphatic rings. The van der Waals surface area contributed by atoms with Crippen molar-refractivity contribution in [3.63, 3.8) is 0 Å². The molecule has 0 spiro atoms. The number of aromatic nitrogens is 1. The fourth-order valence-corrected chi connectivity index (χ4v) is 3.59. The van der Waals surface area contributed by atoms with E-state index in [1.54, 1.807) is 0 Å². The van der Waals surface area contributed by atoms with E-state index in [2.05, 4.69) is 29.0 Å². The van der Waals surface area contributed by atoms with E-state index in [4.69, 9.17) is 4.74 Å². The second-order valence-electron chi connectivity index (χ2n) is 6.52. The number of ether oxygens (including phenoxy) is 1. The summed E-state index contributed by atoms with van der Waals surface area (Å²) in [5.41, 5.74) is 0. The van der Waals surface area contributed by atoms with Crippen molar-refractivity contribution in [2.45, 2.75) is 51.7 Å². The molecule has 4 nitrogen and oxygen atoms in total. The Kier molecular flexibility index (Phi) is 4.63. The quantitative estimate of drug-likeness (QED) is 0.925. The molecule has 1 aromatic rings. The molecule has 0 amide bonds. The number of hydrogen-bond acceptors (Lipinski definition) is 4. The van der Waals surface area contributed by atoms with Crippen molar-refractivity contribution in [3.05, 3.63) is 18.3 Å². The van der Waals surface area contributed by atoms with Crippen LogP contribution in [0.1, 0.15) is 39.5 Å². The van der Waals surface area contributed by atoms with E-state index in [0.29, 0.717) is 0 Å². The number of nitrogens with one attached hydrogen (secondary N) is 1. The molecule has 1 aromatic heterocycles. The van der Waals surface area contributed by atoms with Crippen LogP contribution in [0.3, 0.4) is 0 Å². The first-order valence-corrected chi connectivity index (χ1v) is 8.34. The van der Waals surface area contributed by atoms with Gasteiger partial charge in [0.2, 0.25) is 0 Å². The molecule has 2 aliphatic heterocycles. The molecule has 0 radical (unpaired) electrons. The van der Waals surface area contributed by atoms with Crippen molar-refractivity contribution in [1.82, 2.24) is 10.3 Å². The van der Waals surface area contributed by atoms with Crippen molar-refractivity contribution >= 4 is 5.82 Å². The minimum Gasteiger partial charge on any atom is -0.487 e. The predicted molar refractivity (Wildman–Crippen MR) is 86.0 cm³/mol. The van der Waals surface area contributed by atoms with Crippen LogP contribution in [0, 0.1) is 5.92 Å². The van der Waals surface area contributed by atoms with Crippen LogP contribution < -0.4 is 15.0 Å². The number of nitrogens with zero attached hydrogens (tertiary/aromatic N) is 2. The molecule has 116 valence electrons. The van der Waals surface area contributed by atoms with E-state index in [0.717, 1.165) is 36.6 Å². The Labute approximate surface area is 127 Å². The molecule has 0 aliphatic carbocycles. The number of anilines is 1. The van der Waals surface area contributed by atoms with E-state index in [1.165, 1.54) is 32.2 Å². The molecule has 1 atom stereocenters. The summed E-state index contributed by atoms with van der Waals surface area (Å²) < 4.78 is 5.91. The van der Waals surface area contributed by atoms with Gasteiger partial charge in [-0.05, 0) is 64.1 Å². The molecule has 4 heteroatoms. The molecule has 0 bridgehead atoms. The van der Waals surface area contributed by atoms with Gasteiger partial charge in [-0.2, -0.15) is 0 Å². The van der Waals surface area contributed by atoms with Gasteiger partial charge in [-0.1, -0.05) is 0 Å². The Balaban J connectivity index is 1.63. The van der Waals surface area contributed by atoms with Gasteiger partial charge in [0.05, 0.1) is 6.10 Å². The van der Waals surface area contributed by atoms with Crippen molar-refractivity contribution in [1.29, 1.82) is 0 Å². The lowest BCUT2D eigenvalue weighted by Gasteiger charge is -2.36. The highest BCUT2D eigenvalue weighted by Gasteiger charge is 2.29. The van der Waals surface area contributed by atoms with Crippen LogP contribution in [-0.4, -0.2) is 36.8 Å². The molecule has 0 saturated carbocycles. The lowest BCUT2D eigenvalue weighted by molar-refractivity contribution is 0.240. The summed E-state index contributed by atoms with van der Waals surface area (Å²) in [6.07, 6.45) is 7.28. The highest BCUT2D eigenvalue weighted by Crippen LogP contribution is 2.32. The highest BCUT2D eigenvalue weighted by atomic mass is 16.5. The van der Waals surface area contributed by atoms with Gasteiger partial charge in [-0.3, -0.25) is 0 Å². The Morgan fingerprint density at radius 1 is 1.29 bits per heavy atom. The molecule has 1 unspecified atom stereocenters. The van der Waals surface area contributed by atoms with Crippen LogP contribution in [0.25, 0.3) is 0 Å². The fraction of sp³-hybridized carbons (Fsp3) is 0.706. The summed E-state index contributed by atoms with van der Waals surface area (Å²) in [4.78, 5) is 6.96. The van der Waals surface area contributed by atoms with Gasteiger partial charge in [0.15, 0.2) is 11.6 Å². The normalized spacial score (nSPS) is 23.8. The van der Waals surface area contributed by atoms with Crippen LogP contribution in [0.5, 0.6) is 5.75 Å². The zero-order valence-electron chi connectivity index (χ0n) is 13.2. The van der Waals surface area contributed by atoms with Gasteiger partial charge < -0.3 is 15.0 Å². The maximum Gasteiger partial charge on any atom is 0.171 e. The first-order valence-electron chi connectivity index (χ1n) is 8.34. The summed E-state index contributed by atoms with van der Waals surface area (Å²) in [5, 5.41) is 3.66. The molecule has 1 N–H and O–H groups in total. The SMILES string of the molecule is CC(C)Oc1cccnc1N1CCC(C2CCCN2)CC1. The molecular formula is C17H27N3O. The fourth-order valence-electron chi connectivity index (χ4n) is 3.59. The van der Waals surface area contributed by atoms with Crippen molar-refractivity contribution < 1.29 is 4.74 Å². The number of pyridine rings is 1. The van der Waals surface area contributed by atoms with Gasteiger partial charge in [-0.15, -0.1) is 0 Å². The Hall–Kier alpha value is -1.29. The first kappa shape index (κ1) is 14.6. The minimum absolute atomic E-state index is 0.188. The minimum atomic E-state index is 0.188. The zero-order valence-corrected chi connectivity index (χ0v) is 13.2. The molecule has 3 rings (SSSR count). The standard InChI is InChI=1S/C17H27N3O/c1-13(2)21-16-6-4-10-19-17(16)20-11-7-14(8-12-20)15-5-3-9-18-15/h4,6,10,13-15,18H,3,5,7-9,11-12H2,1-2H3. The van der Waals surface area contributed by atoms with Gasteiger partial charge in [-0.25, -0.2) is 4.98 Å². The summed E-state index contributed by atoms with van der Waals surface area (Å²) in [6, 6.07) is 4.74. The average molecular weight is 289 g/mol. The molecule has 0 aromatic carbocycles. The van der Waals surface area contributed by atoms with Crippen LogP contribution in [-0.2, 0) is 0 Å². The van der Waals surface area contributed by atoms with Crippen molar-refractivity contribution in [2.75, 3.05) is 24.5 Å². The molecule has 2 fully saturated rings. The van der Waals surface area contributed by atoms with Crippen LogP contribution in [0.4, 0.5) is 5.82 Å². The van der Waals surface area contributed by atoms with Crippen LogP contribution >= 0.6 is 0 Å². The van der Waals surface area contributed by atoms with Gasteiger partial charge in [0.25, 0.3) is 0 Å². The Morgan fingerprint density at radius 3 is 2.76 bits per heavy atom. The monoisotopic (exact) mass is 289 g/mol. The third-order valence-electron chi connectivity index (χ3n) is 4.62. The maximum atomic E-state index is 5.91. The first-order chi connectivity index (χ1) is 10.2. The van der Waals surface area contributed by atoms with E-state index in [1.807, 2.05) is 18.3 Å². The van der Waals surface area contributed by atoms with E-state index in [9.17, 15) is 0 Å².